The predicted octanol–water partition coefficient (Wildman–Crippen LogP) is 3.89. The maximum Gasteiger partial charge on any atom is 0.228 e. The van der Waals surface area contributed by atoms with E-state index in [1.54, 1.807) is 0 Å². The van der Waals surface area contributed by atoms with Crippen LogP contribution in [0.15, 0.2) is 33.8 Å². The van der Waals surface area contributed by atoms with Crippen LogP contribution < -0.4 is 10.6 Å². The number of aromatic nitrogens is 2. The lowest BCUT2D eigenvalue weighted by atomic mass is 10.0. The summed E-state index contributed by atoms with van der Waals surface area (Å²) < 4.78 is 5.39. The molecule has 2 aliphatic rings. The largest absolute Gasteiger partial charge is 0.357 e. The molecule has 2 aromatic rings. The van der Waals surface area contributed by atoms with Crippen LogP contribution in [0, 0.1) is 0 Å². The zero-order valence-corrected chi connectivity index (χ0v) is 19.1. The number of rotatable bonds is 7. The highest BCUT2D eigenvalue weighted by Crippen LogP contribution is 2.26. The Hall–Kier alpha value is -2.12. The quantitative estimate of drug-likeness (QED) is 0.498. The van der Waals surface area contributed by atoms with Crippen molar-refractivity contribution in [3.8, 4) is 11.4 Å². The minimum Gasteiger partial charge on any atom is -0.357 e. The molecular weight excluding hydrogens is 412 g/mol. The zero-order valence-electron chi connectivity index (χ0n) is 18.3. The fourth-order valence-corrected chi connectivity index (χ4v) is 4.75. The first-order valence-corrected chi connectivity index (χ1v) is 12.0. The highest BCUT2D eigenvalue weighted by molar-refractivity contribution is 6.30. The van der Waals surface area contributed by atoms with E-state index in [9.17, 15) is 0 Å². The molecule has 1 aromatic carbocycles. The van der Waals surface area contributed by atoms with Gasteiger partial charge in [-0.05, 0) is 44.7 Å². The summed E-state index contributed by atoms with van der Waals surface area (Å²) in [4.78, 5) is 11.9. The molecule has 0 spiro atoms. The van der Waals surface area contributed by atoms with Crippen molar-refractivity contribution in [3.05, 3.63) is 35.2 Å². The third kappa shape index (κ3) is 6.20. The van der Waals surface area contributed by atoms with Gasteiger partial charge in [0.15, 0.2) is 5.96 Å². The van der Waals surface area contributed by atoms with E-state index >= 15 is 0 Å². The van der Waals surface area contributed by atoms with E-state index in [-0.39, 0.29) is 0 Å². The Morgan fingerprint density at radius 2 is 2.03 bits per heavy atom. The van der Waals surface area contributed by atoms with E-state index < -0.39 is 0 Å². The molecule has 1 aliphatic carbocycles. The van der Waals surface area contributed by atoms with Gasteiger partial charge in [0.05, 0.1) is 6.54 Å². The third-order valence-electron chi connectivity index (χ3n) is 6.20. The molecule has 31 heavy (non-hydrogen) atoms. The molecule has 0 atom stereocenters. The van der Waals surface area contributed by atoms with Crippen LogP contribution in [0.3, 0.4) is 0 Å². The standard InChI is InChI=1S/C23H33ClN6O/c1-2-25-23(27-19-11-14-30(15-12-19)20-8-3-4-9-20)26-13-10-21-28-22(29-31-21)17-6-5-7-18(24)16-17/h5-7,16,19-20H,2-4,8-15H2,1H3,(H2,25,26,27). The summed E-state index contributed by atoms with van der Waals surface area (Å²) in [5.41, 5.74) is 0.852. The van der Waals surface area contributed by atoms with Crippen molar-refractivity contribution in [2.45, 2.75) is 64.0 Å². The molecule has 2 heterocycles. The maximum atomic E-state index is 6.05. The second-order valence-corrected chi connectivity index (χ2v) is 8.86. The van der Waals surface area contributed by atoms with Crippen LogP contribution in [-0.2, 0) is 6.42 Å². The van der Waals surface area contributed by atoms with Crippen molar-refractivity contribution >= 4 is 17.6 Å². The molecule has 168 valence electrons. The number of guanidine groups is 1. The summed E-state index contributed by atoms with van der Waals surface area (Å²) in [6.45, 7) is 5.90. The Kier molecular flexibility index (Phi) is 7.81. The van der Waals surface area contributed by atoms with Gasteiger partial charge in [-0.2, -0.15) is 4.98 Å². The van der Waals surface area contributed by atoms with Gasteiger partial charge in [0, 0.05) is 48.7 Å². The van der Waals surface area contributed by atoms with Gasteiger partial charge in [0.1, 0.15) is 0 Å². The summed E-state index contributed by atoms with van der Waals surface area (Å²) in [7, 11) is 0. The molecule has 0 bridgehead atoms. The Morgan fingerprint density at radius 1 is 1.23 bits per heavy atom. The van der Waals surface area contributed by atoms with Gasteiger partial charge in [-0.15, -0.1) is 0 Å². The van der Waals surface area contributed by atoms with Crippen molar-refractivity contribution < 1.29 is 4.52 Å². The van der Waals surface area contributed by atoms with Crippen molar-refractivity contribution in [1.82, 2.24) is 25.7 Å². The number of aliphatic imine (C=N–C) groups is 1. The molecule has 0 unspecified atom stereocenters. The van der Waals surface area contributed by atoms with Crippen LogP contribution >= 0.6 is 11.6 Å². The topological polar surface area (TPSA) is 78.6 Å². The number of piperidine rings is 1. The highest BCUT2D eigenvalue weighted by atomic mass is 35.5. The molecule has 1 aromatic heterocycles. The predicted molar refractivity (Wildman–Crippen MR) is 124 cm³/mol. The first kappa shape index (κ1) is 22.1. The van der Waals surface area contributed by atoms with Gasteiger partial charge < -0.3 is 20.1 Å². The van der Waals surface area contributed by atoms with Gasteiger partial charge in [0.2, 0.25) is 11.7 Å². The monoisotopic (exact) mass is 444 g/mol. The number of hydrogen-bond acceptors (Lipinski definition) is 5. The average molecular weight is 445 g/mol. The van der Waals surface area contributed by atoms with Crippen molar-refractivity contribution in [1.29, 1.82) is 0 Å². The molecule has 7 nitrogen and oxygen atoms in total. The molecule has 0 amide bonds. The van der Waals surface area contributed by atoms with Gasteiger partial charge in [0.25, 0.3) is 0 Å². The third-order valence-corrected chi connectivity index (χ3v) is 6.44. The molecule has 4 rings (SSSR count). The summed E-state index contributed by atoms with van der Waals surface area (Å²) in [6, 6.07) is 8.77. The number of nitrogens with one attached hydrogen (secondary N) is 2. The number of likely N-dealkylation sites (tertiary alicyclic amines) is 1. The molecule has 1 saturated heterocycles. The van der Waals surface area contributed by atoms with Crippen LogP contribution in [0.4, 0.5) is 0 Å². The summed E-state index contributed by atoms with van der Waals surface area (Å²) in [5.74, 6) is 2.01. The Balaban J connectivity index is 1.26. The second kappa shape index (κ2) is 11.0. The summed E-state index contributed by atoms with van der Waals surface area (Å²) >= 11 is 6.05. The van der Waals surface area contributed by atoms with Crippen LogP contribution in [0.25, 0.3) is 11.4 Å². The number of benzene rings is 1. The summed E-state index contributed by atoms with van der Waals surface area (Å²) in [6.07, 6.45) is 8.53. The van der Waals surface area contributed by atoms with Gasteiger partial charge in [-0.3, -0.25) is 4.99 Å². The van der Waals surface area contributed by atoms with E-state index in [1.807, 2.05) is 24.3 Å². The minimum absolute atomic E-state index is 0.480. The van der Waals surface area contributed by atoms with Crippen LogP contribution in [0.5, 0.6) is 0 Å². The summed E-state index contributed by atoms with van der Waals surface area (Å²) in [5, 5.41) is 11.7. The molecular formula is C23H33ClN6O. The van der Waals surface area contributed by atoms with Gasteiger partial charge >= 0.3 is 0 Å². The smallest absolute Gasteiger partial charge is 0.228 e. The van der Waals surface area contributed by atoms with E-state index in [1.165, 1.54) is 51.6 Å². The first-order valence-electron chi connectivity index (χ1n) is 11.6. The normalized spacial score (nSPS) is 19.1. The lowest BCUT2D eigenvalue weighted by molar-refractivity contribution is 0.150. The van der Waals surface area contributed by atoms with Crippen molar-refractivity contribution in [3.63, 3.8) is 0 Å². The highest BCUT2D eigenvalue weighted by Gasteiger charge is 2.27. The SMILES string of the molecule is CCNC(=NCCc1nc(-c2cccc(Cl)c2)no1)NC1CCN(C2CCCC2)CC1. The molecule has 1 aliphatic heterocycles. The van der Waals surface area contributed by atoms with Gasteiger partial charge in [-0.25, -0.2) is 0 Å². The van der Waals surface area contributed by atoms with E-state index in [2.05, 4.69) is 32.6 Å². The molecule has 1 saturated carbocycles. The van der Waals surface area contributed by atoms with Crippen LogP contribution in [0.1, 0.15) is 51.3 Å². The Bertz CT molecular complexity index is 855. The average Bonchev–Trinajstić information content (AvgIpc) is 3.47. The lowest BCUT2D eigenvalue weighted by Gasteiger charge is -2.36. The first-order chi connectivity index (χ1) is 15.2. The van der Waals surface area contributed by atoms with E-state index in [4.69, 9.17) is 21.1 Å². The Labute approximate surface area is 189 Å². The number of hydrogen-bond donors (Lipinski definition) is 2. The maximum absolute atomic E-state index is 6.05. The van der Waals surface area contributed by atoms with E-state index in [0.29, 0.717) is 35.7 Å². The number of nitrogens with zero attached hydrogens (tertiary/aromatic N) is 4. The fourth-order valence-electron chi connectivity index (χ4n) is 4.56. The van der Waals surface area contributed by atoms with E-state index in [0.717, 1.165) is 24.1 Å². The van der Waals surface area contributed by atoms with Crippen molar-refractivity contribution in [2.75, 3.05) is 26.2 Å². The van der Waals surface area contributed by atoms with Crippen molar-refractivity contribution in [2.24, 2.45) is 4.99 Å². The Morgan fingerprint density at radius 3 is 2.77 bits per heavy atom. The molecule has 0 radical (unpaired) electrons. The lowest BCUT2D eigenvalue weighted by Crippen LogP contribution is -2.50. The fraction of sp³-hybridized carbons (Fsp3) is 0.609. The second-order valence-electron chi connectivity index (χ2n) is 8.43. The molecule has 8 heteroatoms. The molecule has 2 fully saturated rings. The van der Waals surface area contributed by atoms with Gasteiger partial charge in [-0.1, -0.05) is 41.7 Å². The minimum atomic E-state index is 0.480. The van der Waals surface area contributed by atoms with Crippen LogP contribution in [0.2, 0.25) is 5.02 Å². The zero-order chi connectivity index (χ0) is 21.5. The number of halogens is 1. The van der Waals surface area contributed by atoms with Crippen LogP contribution in [-0.4, -0.2) is 59.3 Å². The molecule has 2 N–H and O–H groups in total.